The van der Waals surface area contributed by atoms with Crippen molar-refractivity contribution in [3.05, 3.63) is 29.3 Å². The summed E-state index contributed by atoms with van der Waals surface area (Å²) in [5, 5.41) is 5.02. The van der Waals surface area contributed by atoms with E-state index in [2.05, 4.69) is 10.6 Å². The SMILES string of the molecule is CCNC(=O)C(=O)Nc1ccc(C)cc1C. The lowest BCUT2D eigenvalue weighted by molar-refractivity contribution is -0.136. The number of hydrogen-bond acceptors (Lipinski definition) is 2. The molecular formula is C12H16N2O2. The molecule has 0 aliphatic heterocycles. The quantitative estimate of drug-likeness (QED) is 0.740. The zero-order valence-corrected chi connectivity index (χ0v) is 9.76. The van der Waals surface area contributed by atoms with E-state index in [1.165, 1.54) is 0 Å². The Kier molecular flexibility index (Phi) is 4.05. The average Bonchev–Trinajstić information content (AvgIpc) is 2.22. The van der Waals surface area contributed by atoms with Gasteiger partial charge in [-0.2, -0.15) is 0 Å². The van der Waals surface area contributed by atoms with Gasteiger partial charge in [0.1, 0.15) is 0 Å². The number of likely N-dealkylation sites (N-methyl/N-ethyl adjacent to an activating group) is 1. The van der Waals surface area contributed by atoms with Crippen LogP contribution >= 0.6 is 0 Å². The van der Waals surface area contributed by atoms with Gasteiger partial charge in [0.15, 0.2) is 0 Å². The first kappa shape index (κ1) is 12.2. The summed E-state index contributed by atoms with van der Waals surface area (Å²) in [6.07, 6.45) is 0. The summed E-state index contributed by atoms with van der Waals surface area (Å²) in [5.41, 5.74) is 2.73. The first-order chi connectivity index (χ1) is 7.54. The molecule has 2 N–H and O–H groups in total. The van der Waals surface area contributed by atoms with Crippen LogP contribution in [0.1, 0.15) is 18.1 Å². The van der Waals surface area contributed by atoms with Crippen molar-refractivity contribution < 1.29 is 9.59 Å². The maximum Gasteiger partial charge on any atom is 0.313 e. The van der Waals surface area contributed by atoms with Crippen molar-refractivity contribution in [3.8, 4) is 0 Å². The molecule has 0 unspecified atom stereocenters. The lowest BCUT2D eigenvalue weighted by Crippen LogP contribution is -2.35. The fraction of sp³-hybridized carbons (Fsp3) is 0.333. The standard InChI is InChI=1S/C12H16N2O2/c1-4-13-11(15)12(16)14-10-6-5-8(2)7-9(10)3/h5-7H,4H2,1-3H3,(H,13,15)(H,14,16). The Morgan fingerprint density at radius 2 is 1.88 bits per heavy atom. The molecule has 0 saturated carbocycles. The van der Waals surface area contributed by atoms with Crippen molar-refractivity contribution in [2.75, 3.05) is 11.9 Å². The third-order valence-corrected chi connectivity index (χ3v) is 2.17. The molecule has 2 amide bonds. The van der Waals surface area contributed by atoms with Crippen LogP contribution in [-0.4, -0.2) is 18.4 Å². The zero-order valence-electron chi connectivity index (χ0n) is 9.76. The number of rotatable bonds is 2. The van der Waals surface area contributed by atoms with Crippen molar-refractivity contribution in [1.82, 2.24) is 5.32 Å². The van der Waals surface area contributed by atoms with Crippen LogP contribution in [0.15, 0.2) is 18.2 Å². The van der Waals surface area contributed by atoms with Gasteiger partial charge < -0.3 is 10.6 Å². The molecule has 0 atom stereocenters. The lowest BCUT2D eigenvalue weighted by Gasteiger charge is -2.08. The average molecular weight is 220 g/mol. The lowest BCUT2D eigenvalue weighted by atomic mass is 10.1. The summed E-state index contributed by atoms with van der Waals surface area (Å²) in [6.45, 7) is 6.07. The molecule has 16 heavy (non-hydrogen) atoms. The Bertz CT molecular complexity index is 413. The molecule has 0 bridgehead atoms. The minimum atomic E-state index is -0.631. The normalized spacial score (nSPS) is 9.69. The van der Waals surface area contributed by atoms with Crippen molar-refractivity contribution in [2.24, 2.45) is 0 Å². The van der Waals surface area contributed by atoms with Gasteiger partial charge in [-0.15, -0.1) is 0 Å². The van der Waals surface area contributed by atoms with Gasteiger partial charge in [-0.3, -0.25) is 9.59 Å². The Hall–Kier alpha value is -1.84. The molecule has 0 aromatic heterocycles. The fourth-order valence-corrected chi connectivity index (χ4v) is 1.37. The van der Waals surface area contributed by atoms with Gasteiger partial charge >= 0.3 is 11.8 Å². The molecule has 4 heteroatoms. The smallest absolute Gasteiger partial charge is 0.313 e. The highest BCUT2D eigenvalue weighted by molar-refractivity contribution is 6.39. The van der Waals surface area contributed by atoms with E-state index in [-0.39, 0.29) is 0 Å². The predicted molar refractivity (Wildman–Crippen MR) is 63.2 cm³/mol. The first-order valence-corrected chi connectivity index (χ1v) is 5.21. The summed E-state index contributed by atoms with van der Waals surface area (Å²) in [5.74, 6) is -1.24. The highest BCUT2D eigenvalue weighted by atomic mass is 16.2. The second kappa shape index (κ2) is 5.30. The van der Waals surface area contributed by atoms with Crippen molar-refractivity contribution in [2.45, 2.75) is 20.8 Å². The molecule has 86 valence electrons. The number of hydrogen-bond donors (Lipinski definition) is 2. The molecule has 4 nitrogen and oxygen atoms in total. The van der Waals surface area contributed by atoms with Gasteiger partial charge in [0.2, 0.25) is 0 Å². The Morgan fingerprint density at radius 3 is 2.44 bits per heavy atom. The number of anilines is 1. The fourth-order valence-electron chi connectivity index (χ4n) is 1.37. The Morgan fingerprint density at radius 1 is 1.19 bits per heavy atom. The molecular weight excluding hydrogens is 204 g/mol. The molecule has 0 spiro atoms. The van der Waals surface area contributed by atoms with Gasteiger partial charge in [0.05, 0.1) is 0 Å². The van der Waals surface area contributed by atoms with Gasteiger partial charge in [0.25, 0.3) is 0 Å². The highest BCUT2D eigenvalue weighted by Crippen LogP contribution is 2.15. The van der Waals surface area contributed by atoms with E-state index in [4.69, 9.17) is 0 Å². The maximum atomic E-state index is 11.4. The van der Waals surface area contributed by atoms with Crippen molar-refractivity contribution in [1.29, 1.82) is 0 Å². The summed E-state index contributed by atoms with van der Waals surface area (Å²) < 4.78 is 0. The van der Waals surface area contributed by atoms with Crippen LogP contribution in [0.2, 0.25) is 0 Å². The highest BCUT2D eigenvalue weighted by Gasteiger charge is 2.12. The van der Waals surface area contributed by atoms with E-state index in [1.54, 1.807) is 13.0 Å². The van der Waals surface area contributed by atoms with Crippen molar-refractivity contribution >= 4 is 17.5 Å². The Labute approximate surface area is 95.0 Å². The second-order valence-electron chi connectivity index (χ2n) is 3.63. The number of carbonyl (C=O) groups is 2. The topological polar surface area (TPSA) is 58.2 Å². The van der Waals surface area contributed by atoms with E-state index in [0.29, 0.717) is 12.2 Å². The molecule has 1 rings (SSSR count). The van der Waals surface area contributed by atoms with E-state index < -0.39 is 11.8 Å². The first-order valence-electron chi connectivity index (χ1n) is 5.21. The number of benzene rings is 1. The van der Waals surface area contributed by atoms with E-state index in [1.807, 2.05) is 26.0 Å². The van der Waals surface area contributed by atoms with E-state index >= 15 is 0 Å². The molecule has 0 radical (unpaired) electrons. The monoisotopic (exact) mass is 220 g/mol. The minimum Gasteiger partial charge on any atom is -0.348 e. The third kappa shape index (κ3) is 3.08. The summed E-state index contributed by atoms with van der Waals surface area (Å²) in [4.78, 5) is 22.6. The number of aryl methyl sites for hydroxylation is 2. The largest absolute Gasteiger partial charge is 0.348 e. The van der Waals surface area contributed by atoms with E-state index in [0.717, 1.165) is 11.1 Å². The molecule has 0 heterocycles. The third-order valence-electron chi connectivity index (χ3n) is 2.17. The van der Waals surface area contributed by atoms with Crippen LogP contribution in [0.25, 0.3) is 0 Å². The van der Waals surface area contributed by atoms with Crippen molar-refractivity contribution in [3.63, 3.8) is 0 Å². The van der Waals surface area contributed by atoms with Crippen LogP contribution in [0.4, 0.5) is 5.69 Å². The zero-order chi connectivity index (χ0) is 12.1. The van der Waals surface area contributed by atoms with Crippen LogP contribution in [-0.2, 0) is 9.59 Å². The summed E-state index contributed by atoms with van der Waals surface area (Å²) in [6, 6.07) is 5.63. The van der Waals surface area contributed by atoms with Gasteiger partial charge in [-0.05, 0) is 32.4 Å². The molecule has 1 aromatic carbocycles. The van der Waals surface area contributed by atoms with Crippen LogP contribution < -0.4 is 10.6 Å². The minimum absolute atomic E-state index is 0.444. The van der Waals surface area contributed by atoms with E-state index in [9.17, 15) is 9.59 Å². The van der Waals surface area contributed by atoms with Gasteiger partial charge in [-0.1, -0.05) is 17.7 Å². The number of carbonyl (C=O) groups excluding carboxylic acids is 2. The predicted octanol–water partition coefficient (Wildman–Crippen LogP) is 1.38. The summed E-state index contributed by atoms with van der Waals surface area (Å²) in [7, 11) is 0. The second-order valence-corrected chi connectivity index (χ2v) is 3.63. The molecule has 1 aromatic rings. The summed E-state index contributed by atoms with van der Waals surface area (Å²) >= 11 is 0. The molecule has 0 aliphatic carbocycles. The molecule has 0 saturated heterocycles. The maximum absolute atomic E-state index is 11.4. The van der Waals surface area contributed by atoms with Crippen LogP contribution in [0.5, 0.6) is 0 Å². The number of nitrogens with one attached hydrogen (secondary N) is 2. The number of amides is 2. The van der Waals surface area contributed by atoms with Crippen LogP contribution in [0, 0.1) is 13.8 Å². The van der Waals surface area contributed by atoms with Gasteiger partial charge in [-0.25, -0.2) is 0 Å². The molecule has 0 fully saturated rings. The van der Waals surface area contributed by atoms with Crippen LogP contribution in [0.3, 0.4) is 0 Å². The molecule has 0 aliphatic rings. The van der Waals surface area contributed by atoms with Gasteiger partial charge in [0, 0.05) is 12.2 Å². The Balaban J connectivity index is 2.73.